The van der Waals surface area contributed by atoms with Crippen LogP contribution in [0.2, 0.25) is 0 Å². The quantitative estimate of drug-likeness (QED) is 0.469. The minimum Gasteiger partial charge on any atom is -0.324 e. The molecule has 0 spiro atoms. The number of fused-ring (bicyclic) bond motifs is 2. The molecule has 4 aromatic rings. The summed E-state index contributed by atoms with van der Waals surface area (Å²) in [6.07, 6.45) is 2.65. The SMILES string of the molecule is CC(C)n1c(=O)c2cnc(Nc3ccc4c(c3)CNCC4)nc2n1-c1nc(C(C)(C)C)cs1. The Morgan fingerprint density at radius 3 is 2.73 bits per heavy atom. The molecule has 0 amide bonds. The van der Waals surface area contributed by atoms with E-state index in [1.165, 1.54) is 22.5 Å². The molecule has 0 bridgehead atoms. The average molecular weight is 464 g/mol. The van der Waals surface area contributed by atoms with Gasteiger partial charge in [0.25, 0.3) is 5.56 Å². The van der Waals surface area contributed by atoms with Crippen molar-refractivity contribution in [2.24, 2.45) is 0 Å². The highest BCUT2D eigenvalue weighted by Gasteiger charge is 2.24. The van der Waals surface area contributed by atoms with Crippen molar-refractivity contribution in [1.29, 1.82) is 0 Å². The molecule has 9 heteroatoms. The van der Waals surface area contributed by atoms with Crippen LogP contribution >= 0.6 is 11.3 Å². The standard InChI is InChI=1S/C24H29N7OS/c1-14(2)30-21(32)18-12-26-22(27-17-7-6-15-8-9-25-11-16(15)10-17)29-20(18)31(30)23-28-19(13-33-23)24(3,4)5/h6-7,10,12-14,25H,8-9,11H2,1-5H3,(H,26,27,29). The van der Waals surface area contributed by atoms with Crippen LogP contribution in [0.5, 0.6) is 0 Å². The van der Waals surface area contributed by atoms with Crippen molar-refractivity contribution < 1.29 is 0 Å². The zero-order chi connectivity index (χ0) is 23.3. The summed E-state index contributed by atoms with van der Waals surface area (Å²) >= 11 is 1.52. The number of nitrogens with one attached hydrogen (secondary N) is 2. The Bertz CT molecular complexity index is 1390. The van der Waals surface area contributed by atoms with Gasteiger partial charge < -0.3 is 10.6 Å². The first kappa shape index (κ1) is 21.8. The number of rotatable bonds is 4. The molecule has 0 saturated heterocycles. The van der Waals surface area contributed by atoms with E-state index in [9.17, 15) is 4.79 Å². The van der Waals surface area contributed by atoms with Crippen LogP contribution in [0.1, 0.15) is 57.5 Å². The molecule has 5 rings (SSSR count). The zero-order valence-electron chi connectivity index (χ0n) is 19.6. The predicted octanol–water partition coefficient (Wildman–Crippen LogP) is 4.31. The number of anilines is 2. The monoisotopic (exact) mass is 463 g/mol. The van der Waals surface area contributed by atoms with Crippen molar-refractivity contribution in [1.82, 2.24) is 29.6 Å². The van der Waals surface area contributed by atoms with Gasteiger partial charge in [0.1, 0.15) is 5.39 Å². The second-order valence-electron chi connectivity index (χ2n) is 9.79. The molecular weight excluding hydrogens is 434 g/mol. The molecule has 1 aliphatic heterocycles. The van der Waals surface area contributed by atoms with Crippen molar-refractivity contribution in [2.45, 2.75) is 59.0 Å². The summed E-state index contributed by atoms with van der Waals surface area (Å²) in [7, 11) is 0. The molecule has 3 aromatic heterocycles. The van der Waals surface area contributed by atoms with Gasteiger partial charge in [0.15, 0.2) is 5.65 Å². The summed E-state index contributed by atoms with van der Waals surface area (Å²) in [6, 6.07) is 6.29. The Labute approximate surface area is 196 Å². The van der Waals surface area contributed by atoms with Gasteiger partial charge >= 0.3 is 0 Å². The smallest absolute Gasteiger partial charge is 0.278 e. The number of nitrogens with zero attached hydrogens (tertiary/aromatic N) is 5. The van der Waals surface area contributed by atoms with Crippen LogP contribution in [0.15, 0.2) is 34.6 Å². The lowest BCUT2D eigenvalue weighted by Gasteiger charge is -2.18. The Morgan fingerprint density at radius 1 is 1.18 bits per heavy atom. The van der Waals surface area contributed by atoms with E-state index in [1.807, 2.05) is 18.5 Å². The molecule has 4 heterocycles. The third kappa shape index (κ3) is 3.95. The summed E-state index contributed by atoms with van der Waals surface area (Å²) in [5, 5.41) is 9.99. The molecule has 0 saturated carbocycles. The van der Waals surface area contributed by atoms with Crippen molar-refractivity contribution in [3.8, 4) is 5.13 Å². The fraction of sp³-hybridized carbons (Fsp3) is 0.417. The third-order valence-corrected chi connectivity index (χ3v) is 6.72. The van der Waals surface area contributed by atoms with Gasteiger partial charge in [0.2, 0.25) is 11.1 Å². The fourth-order valence-corrected chi connectivity index (χ4v) is 5.15. The van der Waals surface area contributed by atoms with Crippen LogP contribution in [-0.2, 0) is 18.4 Å². The van der Waals surface area contributed by atoms with Gasteiger partial charge in [0.05, 0.1) is 5.69 Å². The van der Waals surface area contributed by atoms with Gasteiger partial charge in [-0.1, -0.05) is 26.8 Å². The van der Waals surface area contributed by atoms with E-state index in [1.54, 1.807) is 10.9 Å². The lowest BCUT2D eigenvalue weighted by Crippen LogP contribution is -2.24. The second kappa shape index (κ2) is 8.07. The van der Waals surface area contributed by atoms with Crippen LogP contribution in [0, 0.1) is 0 Å². The van der Waals surface area contributed by atoms with Gasteiger partial charge in [-0.2, -0.15) is 4.98 Å². The Kier molecular flexibility index (Phi) is 5.33. The molecule has 1 aromatic carbocycles. The van der Waals surface area contributed by atoms with Crippen LogP contribution in [0.3, 0.4) is 0 Å². The molecule has 1 aliphatic rings. The molecule has 0 atom stereocenters. The Hall–Kier alpha value is -3.04. The maximum atomic E-state index is 13.2. The number of thiazole rings is 1. The van der Waals surface area contributed by atoms with Gasteiger partial charge in [-0.3, -0.25) is 4.79 Å². The van der Waals surface area contributed by atoms with Gasteiger partial charge in [-0.25, -0.2) is 19.3 Å². The van der Waals surface area contributed by atoms with Crippen molar-refractivity contribution >= 4 is 34.0 Å². The van der Waals surface area contributed by atoms with E-state index >= 15 is 0 Å². The lowest BCUT2D eigenvalue weighted by atomic mass is 9.93. The van der Waals surface area contributed by atoms with E-state index in [0.29, 0.717) is 17.0 Å². The minimum atomic E-state index is -0.112. The van der Waals surface area contributed by atoms with Crippen molar-refractivity contribution in [2.75, 3.05) is 11.9 Å². The van der Waals surface area contributed by atoms with Crippen LogP contribution in [-0.4, -0.2) is 30.9 Å². The molecule has 0 aliphatic carbocycles. The first-order chi connectivity index (χ1) is 15.7. The van der Waals surface area contributed by atoms with Crippen LogP contribution in [0.4, 0.5) is 11.6 Å². The first-order valence-corrected chi connectivity index (χ1v) is 12.2. The third-order valence-electron chi connectivity index (χ3n) is 5.90. The molecule has 2 N–H and O–H groups in total. The highest BCUT2D eigenvalue weighted by atomic mass is 32.1. The Balaban J connectivity index is 1.61. The van der Waals surface area contributed by atoms with Crippen molar-refractivity contribution in [3.05, 3.63) is 57.0 Å². The maximum absolute atomic E-state index is 13.2. The summed E-state index contributed by atoms with van der Waals surface area (Å²) in [5.74, 6) is 0.452. The van der Waals surface area contributed by atoms with E-state index < -0.39 is 0 Å². The van der Waals surface area contributed by atoms with Crippen LogP contribution in [0.25, 0.3) is 16.2 Å². The molecule has 0 unspecified atom stereocenters. The predicted molar refractivity (Wildman–Crippen MR) is 133 cm³/mol. The normalized spacial score (nSPS) is 14.1. The molecular formula is C24H29N7OS. The molecule has 172 valence electrons. The zero-order valence-corrected chi connectivity index (χ0v) is 20.5. The minimum absolute atomic E-state index is 0.0572. The summed E-state index contributed by atoms with van der Waals surface area (Å²) in [6.45, 7) is 12.2. The molecule has 0 fully saturated rings. The number of hydrogen-bond acceptors (Lipinski definition) is 7. The highest BCUT2D eigenvalue weighted by Crippen LogP contribution is 2.28. The topological polar surface area (TPSA) is 89.7 Å². The van der Waals surface area contributed by atoms with E-state index in [4.69, 9.17) is 9.97 Å². The number of benzene rings is 1. The van der Waals surface area contributed by atoms with Crippen molar-refractivity contribution in [3.63, 3.8) is 0 Å². The number of aromatic nitrogens is 5. The van der Waals surface area contributed by atoms with Gasteiger partial charge in [-0.05, 0) is 50.1 Å². The highest BCUT2D eigenvalue weighted by molar-refractivity contribution is 7.12. The summed E-state index contributed by atoms with van der Waals surface area (Å²) < 4.78 is 3.55. The summed E-state index contributed by atoms with van der Waals surface area (Å²) in [5.41, 5.74) is 4.94. The van der Waals surface area contributed by atoms with Gasteiger partial charge in [-0.15, -0.1) is 11.3 Å². The fourth-order valence-electron chi connectivity index (χ4n) is 4.10. The molecule has 8 nitrogen and oxygen atoms in total. The van der Waals surface area contributed by atoms with Gasteiger partial charge in [0, 0.05) is 35.3 Å². The first-order valence-electron chi connectivity index (χ1n) is 11.3. The second-order valence-corrected chi connectivity index (χ2v) is 10.6. The van der Waals surface area contributed by atoms with E-state index in [2.05, 4.69) is 60.0 Å². The van der Waals surface area contributed by atoms with Crippen LogP contribution < -0.4 is 16.2 Å². The van der Waals surface area contributed by atoms with E-state index in [-0.39, 0.29) is 17.0 Å². The average Bonchev–Trinajstić information content (AvgIpc) is 3.37. The number of hydrogen-bond donors (Lipinski definition) is 2. The van der Waals surface area contributed by atoms with E-state index in [0.717, 1.165) is 36.0 Å². The largest absolute Gasteiger partial charge is 0.324 e. The lowest BCUT2D eigenvalue weighted by molar-refractivity contribution is 0.473. The Morgan fingerprint density at radius 2 is 2.00 bits per heavy atom. The maximum Gasteiger partial charge on any atom is 0.278 e. The molecule has 33 heavy (non-hydrogen) atoms. The summed E-state index contributed by atoms with van der Waals surface area (Å²) in [4.78, 5) is 27.3. The molecule has 0 radical (unpaired) electrons.